The first-order chi connectivity index (χ1) is 6.86. The van der Waals surface area contributed by atoms with Gasteiger partial charge in [0.05, 0.1) is 18.1 Å². The van der Waals surface area contributed by atoms with Gasteiger partial charge in [0.2, 0.25) is 0 Å². The summed E-state index contributed by atoms with van der Waals surface area (Å²) in [6.45, 7) is 5.39. The third-order valence-electron chi connectivity index (χ3n) is 2.62. The fraction of sp³-hybridized carbons (Fsp3) is 0.600. The van der Waals surface area contributed by atoms with Crippen molar-refractivity contribution in [2.75, 3.05) is 24.5 Å². The molecule has 1 saturated heterocycles. The van der Waals surface area contributed by atoms with Gasteiger partial charge in [-0.15, -0.1) is 0 Å². The van der Waals surface area contributed by atoms with E-state index in [2.05, 4.69) is 27.1 Å². The van der Waals surface area contributed by atoms with Crippen molar-refractivity contribution in [2.24, 2.45) is 0 Å². The van der Waals surface area contributed by atoms with E-state index in [9.17, 15) is 0 Å². The molecule has 76 valence electrons. The summed E-state index contributed by atoms with van der Waals surface area (Å²) in [5, 5.41) is 3.46. The van der Waals surface area contributed by atoms with Crippen LogP contribution in [0.15, 0.2) is 18.7 Å². The lowest BCUT2D eigenvalue weighted by atomic mass is 10.2. The minimum absolute atomic E-state index is 0.615. The normalized spacial score (nSPS) is 23.2. The third-order valence-corrected chi connectivity index (χ3v) is 2.62. The van der Waals surface area contributed by atoms with Crippen molar-refractivity contribution in [1.29, 1.82) is 0 Å². The van der Waals surface area contributed by atoms with Crippen molar-refractivity contribution in [3.63, 3.8) is 0 Å². The molecule has 0 spiro atoms. The maximum atomic E-state index is 4.04. The molecular weight excluding hydrogens is 176 g/mol. The lowest BCUT2D eigenvalue weighted by Gasteiger charge is -2.20. The number of rotatable bonds is 1. The number of anilines is 1. The molecule has 0 aliphatic carbocycles. The summed E-state index contributed by atoms with van der Waals surface area (Å²) in [5.41, 5.74) is 1.13. The van der Waals surface area contributed by atoms with Crippen LogP contribution in [0.1, 0.15) is 13.3 Å². The molecule has 1 unspecified atom stereocenters. The molecular formula is C10H16N4. The Morgan fingerprint density at radius 1 is 1.36 bits per heavy atom. The summed E-state index contributed by atoms with van der Waals surface area (Å²) in [7, 11) is 0. The second-order valence-electron chi connectivity index (χ2n) is 3.73. The summed E-state index contributed by atoms with van der Waals surface area (Å²) in [5.74, 6) is 0. The van der Waals surface area contributed by atoms with Crippen LogP contribution in [0.25, 0.3) is 0 Å². The van der Waals surface area contributed by atoms with Gasteiger partial charge in [-0.05, 0) is 13.3 Å². The first-order valence-corrected chi connectivity index (χ1v) is 5.09. The standard InChI is InChI=1S/C10H16N4/c1-9-2-4-14(5-3-13-9)10-6-11-8-12-7-10/h6-9,13H,2-5H2,1H3. The summed E-state index contributed by atoms with van der Waals surface area (Å²) in [4.78, 5) is 10.4. The first kappa shape index (κ1) is 9.40. The number of nitrogens with zero attached hydrogens (tertiary/aromatic N) is 3. The van der Waals surface area contributed by atoms with Crippen molar-refractivity contribution >= 4 is 5.69 Å². The average Bonchev–Trinajstić information content (AvgIpc) is 2.44. The van der Waals surface area contributed by atoms with Gasteiger partial charge in [0.25, 0.3) is 0 Å². The Balaban J connectivity index is 2.04. The third kappa shape index (κ3) is 2.20. The molecule has 1 aliphatic heterocycles. The van der Waals surface area contributed by atoms with E-state index in [1.807, 2.05) is 12.4 Å². The smallest absolute Gasteiger partial charge is 0.115 e. The molecule has 0 saturated carbocycles. The second-order valence-corrected chi connectivity index (χ2v) is 3.73. The molecule has 1 aromatic heterocycles. The van der Waals surface area contributed by atoms with Crippen LogP contribution in [-0.4, -0.2) is 35.6 Å². The average molecular weight is 192 g/mol. The molecule has 4 nitrogen and oxygen atoms in total. The summed E-state index contributed by atoms with van der Waals surface area (Å²) >= 11 is 0. The van der Waals surface area contributed by atoms with E-state index in [1.165, 1.54) is 6.42 Å². The van der Waals surface area contributed by atoms with Gasteiger partial charge < -0.3 is 10.2 Å². The Bertz CT molecular complexity index is 275. The van der Waals surface area contributed by atoms with E-state index in [0.717, 1.165) is 25.3 Å². The van der Waals surface area contributed by atoms with Gasteiger partial charge >= 0.3 is 0 Å². The lowest BCUT2D eigenvalue weighted by molar-refractivity contribution is 0.566. The molecule has 1 aliphatic rings. The fourth-order valence-electron chi connectivity index (χ4n) is 1.72. The lowest BCUT2D eigenvalue weighted by Crippen LogP contribution is -2.29. The van der Waals surface area contributed by atoms with Gasteiger partial charge in [-0.25, -0.2) is 9.97 Å². The molecule has 1 atom stereocenters. The van der Waals surface area contributed by atoms with Crippen LogP contribution in [0, 0.1) is 0 Å². The monoisotopic (exact) mass is 192 g/mol. The molecule has 2 rings (SSSR count). The SMILES string of the molecule is CC1CCN(c2cncnc2)CCN1. The van der Waals surface area contributed by atoms with Crippen LogP contribution in [-0.2, 0) is 0 Å². The van der Waals surface area contributed by atoms with Gasteiger partial charge in [0.1, 0.15) is 6.33 Å². The summed E-state index contributed by atoms with van der Waals surface area (Å²) in [6, 6.07) is 0.615. The molecule has 0 amide bonds. The van der Waals surface area contributed by atoms with Crippen LogP contribution >= 0.6 is 0 Å². The van der Waals surface area contributed by atoms with Crippen molar-refractivity contribution in [2.45, 2.75) is 19.4 Å². The van der Waals surface area contributed by atoms with Crippen LogP contribution < -0.4 is 10.2 Å². The Kier molecular flexibility index (Phi) is 2.93. The van der Waals surface area contributed by atoms with Gasteiger partial charge in [-0.3, -0.25) is 0 Å². The van der Waals surface area contributed by atoms with E-state index in [1.54, 1.807) is 6.33 Å². The summed E-state index contributed by atoms with van der Waals surface area (Å²) in [6.07, 6.45) is 6.50. The molecule has 0 aromatic carbocycles. The van der Waals surface area contributed by atoms with Crippen molar-refractivity contribution in [3.05, 3.63) is 18.7 Å². The van der Waals surface area contributed by atoms with E-state index in [0.29, 0.717) is 6.04 Å². The van der Waals surface area contributed by atoms with Crippen LogP contribution in [0.5, 0.6) is 0 Å². The zero-order valence-corrected chi connectivity index (χ0v) is 8.48. The Labute approximate surface area is 84.4 Å². The van der Waals surface area contributed by atoms with Gasteiger partial charge in [-0.2, -0.15) is 0 Å². The number of hydrogen-bond donors (Lipinski definition) is 1. The highest BCUT2D eigenvalue weighted by molar-refractivity contribution is 5.41. The van der Waals surface area contributed by atoms with Crippen LogP contribution in [0.4, 0.5) is 5.69 Å². The van der Waals surface area contributed by atoms with E-state index in [-0.39, 0.29) is 0 Å². The van der Waals surface area contributed by atoms with Gasteiger partial charge in [0, 0.05) is 25.7 Å². The topological polar surface area (TPSA) is 41.1 Å². The van der Waals surface area contributed by atoms with Crippen molar-refractivity contribution in [3.8, 4) is 0 Å². The van der Waals surface area contributed by atoms with E-state index < -0.39 is 0 Å². The number of hydrogen-bond acceptors (Lipinski definition) is 4. The predicted molar refractivity (Wildman–Crippen MR) is 56.3 cm³/mol. The van der Waals surface area contributed by atoms with Crippen molar-refractivity contribution in [1.82, 2.24) is 15.3 Å². The highest BCUT2D eigenvalue weighted by atomic mass is 15.2. The minimum atomic E-state index is 0.615. The predicted octanol–water partition coefficient (Wildman–Crippen LogP) is 0.665. The summed E-state index contributed by atoms with van der Waals surface area (Å²) < 4.78 is 0. The van der Waals surface area contributed by atoms with Crippen LogP contribution in [0.2, 0.25) is 0 Å². The molecule has 1 aromatic rings. The van der Waals surface area contributed by atoms with E-state index in [4.69, 9.17) is 0 Å². The van der Waals surface area contributed by atoms with Gasteiger partial charge in [-0.1, -0.05) is 0 Å². The first-order valence-electron chi connectivity index (χ1n) is 5.09. The number of aromatic nitrogens is 2. The maximum absolute atomic E-state index is 4.04. The fourth-order valence-corrected chi connectivity index (χ4v) is 1.72. The Hall–Kier alpha value is -1.16. The highest BCUT2D eigenvalue weighted by Gasteiger charge is 2.13. The molecule has 0 bridgehead atoms. The van der Waals surface area contributed by atoms with Crippen molar-refractivity contribution < 1.29 is 0 Å². The second kappa shape index (κ2) is 4.37. The maximum Gasteiger partial charge on any atom is 0.115 e. The van der Waals surface area contributed by atoms with Crippen LogP contribution in [0.3, 0.4) is 0 Å². The molecule has 14 heavy (non-hydrogen) atoms. The zero-order chi connectivity index (χ0) is 9.80. The largest absolute Gasteiger partial charge is 0.368 e. The number of nitrogens with one attached hydrogen (secondary N) is 1. The molecule has 1 N–H and O–H groups in total. The highest BCUT2D eigenvalue weighted by Crippen LogP contribution is 2.12. The molecule has 1 fully saturated rings. The zero-order valence-electron chi connectivity index (χ0n) is 8.48. The quantitative estimate of drug-likeness (QED) is 0.710. The van der Waals surface area contributed by atoms with E-state index >= 15 is 0 Å². The minimum Gasteiger partial charge on any atom is -0.368 e. The Morgan fingerprint density at radius 3 is 2.93 bits per heavy atom. The molecule has 2 heterocycles. The molecule has 0 radical (unpaired) electrons. The Morgan fingerprint density at radius 2 is 2.14 bits per heavy atom. The molecule has 4 heteroatoms. The van der Waals surface area contributed by atoms with Gasteiger partial charge in [0.15, 0.2) is 0 Å².